The van der Waals surface area contributed by atoms with Gasteiger partial charge in [-0.2, -0.15) is 0 Å². The van der Waals surface area contributed by atoms with E-state index in [1.807, 2.05) is 6.92 Å². The van der Waals surface area contributed by atoms with Crippen molar-refractivity contribution in [2.24, 2.45) is 7.05 Å². The number of hydrogen-bond donors (Lipinski definition) is 1. The zero-order valence-corrected chi connectivity index (χ0v) is 10.5. The van der Waals surface area contributed by atoms with Crippen LogP contribution < -0.4 is 5.32 Å². The number of nitrogens with zero attached hydrogens (tertiary/aromatic N) is 3. The quantitative estimate of drug-likeness (QED) is 0.865. The molecule has 102 valence electrons. The third-order valence-electron chi connectivity index (χ3n) is 2.79. The van der Waals surface area contributed by atoms with Gasteiger partial charge in [0, 0.05) is 13.6 Å². The topological polar surface area (TPSA) is 42.7 Å². The Morgan fingerprint density at radius 2 is 1.89 bits per heavy atom. The molecule has 1 N–H and O–H groups in total. The molecule has 0 saturated heterocycles. The molecule has 1 aromatic carbocycles. The second kappa shape index (κ2) is 5.40. The summed E-state index contributed by atoms with van der Waals surface area (Å²) >= 11 is 0. The Kier molecular flexibility index (Phi) is 3.84. The van der Waals surface area contributed by atoms with Crippen LogP contribution in [-0.2, 0) is 13.6 Å². The van der Waals surface area contributed by atoms with E-state index >= 15 is 0 Å². The maximum atomic E-state index is 13.0. The second-order valence-electron chi connectivity index (χ2n) is 4.28. The molecule has 0 fully saturated rings. The Balaban J connectivity index is 2.05. The molecule has 4 nitrogen and oxygen atoms in total. The monoisotopic (exact) mass is 270 g/mol. The van der Waals surface area contributed by atoms with Crippen molar-refractivity contribution in [3.05, 3.63) is 47.3 Å². The van der Waals surface area contributed by atoms with Crippen LogP contribution in [0.5, 0.6) is 0 Å². The van der Waals surface area contributed by atoms with Crippen molar-refractivity contribution >= 4 is 0 Å². The first-order valence-electron chi connectivity index (χ1n) is 5.69. The molecule has 1 aromatic heterocycles. The van der Waals surface area contributed by atoms with E-state index in [1.54, 1.807) is 17.9 Å². The van der Waals surface area contributed by atoms with Crippen LogP contribution in [0.3, 0.4) is 0 Å². The second-order valence-corrected chi connectivity index (χ2v) is 4.28. The lowest BCUT2D eigenvalue weighted by molar-refractivity contribution is 0.442. The van der Waals surface area contributed by atoms with E-state index in [1.165, 1.54) is 0 Å². The minimum atomic E-state index is -1.45. The van der Waals surface area contributed by atoms with Gasteiger partial charge in [0.15, 0.2) is 17.5 Å². The fourth-order valence-corrected chi connectivity index (χ4v) is 1.76. The molecule has 2 rings (SSSR count). The Labute approximate surface area is 108 Å². The van der Waals surface area contributed by atoms with Gasteiger partial charge in [-0.3, -0.25) is 0 Å². The van der Waals surface area contributed by atoms with Crippen molar-refractivity contribution in [3.63, 3.8) is 0 Å². The summed E-state index contributed by atoms with van der Waals surface area (Å²) < 4.78 is 40.6. The van der Waals surface area contributed by atoms with Crippen LogP contribution >= 0.6 is 0 Å². The number of benzene rings is 1. The predicted molar refractivity (Wildman–Crippen MR) is 62.6 cm³/mol. The number of aryl methyl sites for hydroxylation is 1. The first kappa shape index (κ1) is 13.5. The summed E-state index contributed by atoms with van der Waals surface area (Å²) in [4.78, 5) is 0. The molecule has 0 radical (unpaired) electrons. The minimum Gasteiger partial charge on any atom is -0.319 e. The van der Waals surface area contributed by atoms with Gasteiger partial charge in [-0.25, -0.2) is 13.2 Å². The first-order valence-corrected chi connectivity index (χ1v) is 5.69. The Hall–Kier alpha value is -1.89. The molecule has 0 aliphatic carbocycles. The van der Waals surface area contributed by atoms with E-state index in [0.29, 0.717) is 11.4 Å². The molecule has 0 amide bonds. The third kappa shape index (κ3) is 2.93. The van der Waals surface area contributed by atoms with Crippen molar-refractivity contribution < 1.29 is 13.2 Å². The average molecular weight is 270 g/mol. The highest BCUT2D eigenvalue weighted by molar-refractivity contribution is 5.19. The molecule has 1 unspecified atom stereocenters. The maximum Gasteiger partial charge on any atom is 0.194 e. The summed E-state index contributed by atoms with van der Waals surface area (Å²) in [5.74, 6) is -3.14. The van der Waals surface area contributed by atoms with E-state index < -0.39 is 17.5 Å². The van der Waals surface area contributed by atoms with Crippen LogP contribution in [0, 0.1) is 17.5 Å². The summed E-state index contributed by atoms with van der Waals surface area (Å²) in [6, 6.07) is 1.78. The molecule has 0 saturated carbocycles. The van der Waals surface area contributed by atoms with Crippen molar-refractivity contribution in [1.29, 1.82) is 0 Å². The minimum absolute atomic E-state index is 0.149. The van der Waals surface area contributed by atoms with E-state index in [9.17, 15) is 13.2 Å². The number of nitrogens with one attached hydrogen (secondary N) is 1. The average Bonchev–Trinajstić information content (AvgIpc) is 2.79. The molecular formula is C12H13F3N4. The van der Waals surface area contributed by atoms with Crippen molar-refractivity contribution in [2.45, 2.75) is 19.5 Å². The van der Waals surface area contributed by atoms with Gasteiger partial charge < -0.3 is 9.88 Å². The van der Waals surface area contributed by atoms with Crippen LogP contribution in [-0.4, -0.2) is 14.8 Å². The van der Waals surface area contributed by atoms with Gasteiger partial charge in [-0.05, 0) is 24.6 Å². The first-order chi connectivity index (χ1) is 8.99. The molecule has 0 aliphatic heterocycles. The van der Waals surface area contributed by atoms with Crippen LogP contribution in [0.4, 0.5) is 13.2 Å². The molecule has 0 spiro atoms. The zero-order chi connectivity index (χ0) is 14.0. The Morgan fingerprint density at radius 3 is 2.42 bits per heavy atom. The lowest BCUT2D eigenvalue weighted by Crippen LogP contribution is -2.21. The van der Waals surface area contributed by atoms with Crippen molar-refractivity contribution in [2.75, 3.05) is 0 Å². The molecular weight excluding hydrogens is 257 g/mol. The number of aromatic nitrogens is 3. The molecule has 1 atom stereocenters. The van der Waals surface area contributed by atoms with Crippen molar-refractivity contribution in [1.82, 2.24) is 20.1 Å². The van der Waals surface area contributed by atoms with Gasteiger partial charge in [0.25, 0.3) is 0 Å². The highest BCUT2D eigenvalue weighted by Crippen LogP contribution is 2.15. The van der Waals surface area contributed by atoms with E-state index in [4.69, 9.17) is 0 Å². The van der Waals surface area contributed by atoms with Gasteiger partial charge >= 0.3 is 0 Å². The van der Waals surface area contributed by atoms with E-state index in [0.717, 1.165) is 12.1 Å². The molecule has 2 aromatic rings. The number of rotatable bonds is 4. The normalized spacial score (nSPS) is 12.7. The van der Waals surface area contributed by atoms with Crippen LogP contribution in [0.2, 0.25) is 0 Å². The predicted octanol–water partition coefficient (Wildman–Crippen LogP) is 2.08. The highest BCUT2D eigenvalue weighted by atomic mass is 19.2. The Bertz CT molecular complexity index is 559. The summed E-state index contributed by atoms with van der Waals surface area (Å²) in [5.41, 5.74) is 0.324. The maximum absolute atomic E-state index is 13.0. The molecule has 1 heterocycles. The van der Waals surface area contributed by atoms with E-state index in [-0.39, 0.29) is 12.6 Å². The summed E-state index contributed by atoms with van der Waals surface area (Å²) in [7, 11) is 1.80. The molecule has 19 heavy (non-hydrogen) atoms. The lowest BCUT2D eigenvalue weighted by atomic mass is 10.2. The number of hydrogen-bond acceptors (Lipinski definition) is 3. The number of halogens is 3. The van der Waals surface area contributed by atoms with Crippen LogP contribution in [0.1, 0.15) is 24.4 Å². The molecule has 0 aliphatic rings. The van der Waals surface area contributed by atoms with Gasteiger partial charge in [-0.1, -0.05) is 0 Å². The highest BCUT2D eigenvalue weighted by Gasteiger charge is 2.13. The summed E-state index contributed by atoms with van der Waals surface area (Å²) in [6.45, 7) is 2.04. The summed E-state index contributed by atoms with van der Waals surface area (Å²) in [6.07, 6.45) is 1.56. The van der Waals surface area contributed by atoms with Gasteiger partial charge in [0.1, 0.15) is 12.2 Å². The smallest absolute Gasteiger partial charge is 0.194 e. The largest absolute Gasteiger partial charge is 0.319 e. The van der Waals surface area contributed by atoms with Crippen LogP contribution in [0.25, 0.3) is 0 Å². The fraction of sp³-hybridized carbons (Fsp3) is 0.333. The van der Waals surface area contributed by atoms with Crippen molar-refractivity contribution in [3.8, 4) is 0 Å². The lowest BCUT2D eigenvalue weighted by Gasteiger charge is -2.13. The summed E-state index contributed by atoms with van der Waals surface area (Å²) in [5, 5.41) is 10.7. The van der Waals surface area contributed by atoms with E-state index in [2.05, 4.69) is 15.5 Å². The fourth-order valence-electron chi connectivity index (χ4n) is 1.76. The third-order valence-corrected chi connectivity index (χ3v) is 2.79. The molecule has 0 bridgehead atoms. The zero-order valence-electron chi connectivity index (χ0n) is 10.5. The standard InChI is InChI=1S/C12H13F3N4/c1-7(12-18-17-6-19(12)2)16-5-8-3-9(13)11(15)10(14)4-8/h3-4,6-7,16H,5H2,1-2H3. The van der Waals surface area contributed by atoms with Gasteiger partial charge in [-0.15, -0.1) is 10.2 Å². The van der Waals surface area contributed by atoms with Gasteiger partial charge in [0.05, 0.1) is 6.04 Å². The Morgan fingerprint density at radius 1 is 1.26 bits per heavy atom. The van der Waals surface area contributed by atoms with Crippen LogP contribution in [0.15, 0.2) is 18.5 Å². The SMILES string of the molecule is CC(NCc1cc(F)c(F)c(F)c1)c1nncn1C. The van der Waals surface area contributed by atoms with Gasteiger partial charge in [0.2, 0.25) is 0 Å². The molecule has 7 heteroatoms.